The molecule has 0 fully saturated rings. The van der Waals surface area contributed by atoms with Crippen molar-refractivity contribution in [2.45, 2.75) is 34.1 Å². The Morgan fingerprint density at radius 2 is 2.15 bits per heavy atom. The van der Waals surface area contributed by atoms with Gasteiger partial charge in [0.05, 0.1) is 23.3 Å². The van der Waals surface area contributed by atoms with Crippen LogP contribution < -0.4 is 0 Å². The quantitative estimate of drug-likeness (QED) is 0.314. The zero-order valence-electron chi connectivity index (χ0n) is 15.6. The highest BCUT2D eigenvalue weighted by molar-refractivity contribution is 7.15. The molecular weight excluding hydrogens is 354 g/mol. The first kappa shape index (κ1) is 21.3. The molecule has 0 amide bonds. The average molecular weight is 377 g/mol. The molecule has 140 valence electrons. The van der Waals surface area contributed by atoms with Gasteiger partial charge >= 0.3 is 5.97 Å². The molecule has 2 heterocycles. The van der Waals surface area contributed by atoms with E-state index in [0.29, 0.717) is 22.6 Å². The van der Waals surface area contributed by atoms with Crippen LogP contribution in [0.5, 0.6) is 0 Å². The van der Waals surface area contributed by atoms with Gasteiger partial charge in [-0.25, -0.2) is 9.78 Å². The molecule has 0 aliphatic carbocycles. The third-order valence-corrected chi connectivity index (χ3v) is 4.04. The number of hydrogen-bond donors (Lipinski definition) is 0. The highest BCUT2D eigenvalue weighted by Crippen LogP contribution is 2.29. The summed E-state index contributed by atoms with van der Waals surface area (Å²) in [6.45, 7) is 7.67. The standard InChI is InChI=1S/C16H17N3O4S.C2H6/c1-4-6-8-11(13(7-5-2)19(21)22)14-10-24-16-17-12(9-18(14)16)15(20)23-3;1-2/h4,6-10H,5H2,1-3H3;1-2H3/b6-4-,11-8+,13-7+;. The first-order chi connectivity index (χ1) is 12.5. The van der Waals surface area contributed by atoms with Crippen molar-refractivity contribution in [1.82, 2.24) is 9.38 Å². The van der Waals surface area contributed by atoms with Crippen LogP contribution >= 0.6 is 11.3 Å². The van der Waals surface area contributed by atoms with Crippen LogP contribution in [0, 0.1) is 10.1 Å². The topological polar surface area (TPSA) is 86.7 Å². The maximum atomic E-state index is 11.6. The first-order valence-corrected chi connectivity index (χ1v) is 9.14. The molecule has 26 heavy (non-hydrogen) atoms. The fourth-order valence-electron chi connectivity index (χ4n) is 2.15. The number of thiazole rings is 1. The molecule has 0 aromatic carbocycles. The molecule has 0 aliphatic heterocycles. The molecule has 2 aromatic heterocycles. The second-order valence-electron chi connectivity index (χ2n) is 4.75. The Labute approximate surface area is 156 Å². The minimum absolute atomic E-state index is 0.0172. The Morgan fingerprint density at radius 3 is 2.69 bits per heavy atom. The van der Waals surface area contributed by atoms with E-state index in [4.69, 9.17) is 0 Å². The fraction of sp³-hybridized carbons (Fsp3) is 0.333. The summed E-state index contributed by atoms with van der Waals surface area (Å²) in [4.78, 5) is 27.5. The van der Waals surface area contributed by atoms with Gasteiger partial charge in [-0.3, -0.25) is 14.5 Å². The molecule has 0 bridgehead atoms. The monoisotopic (exact) mass is 377 g/mol. The van der Waals surface area contributed by atoms with Gasteiger partial charge in [0.15, 0.2) is 10.7 Å². The van der Waals surface area contributed by atoms with E-state index in [2.05, 4.69) is 9.72 Å². The second kappa shape index (κ2) is 10.3. The highest BCUT2D eigenvalue weighted by Gasteiger charge is 2.23. The van der Waals surface area contributed by atoms with Crippen LogP contribution in [0.3, 0.4) is 0 Å². The van der Waals surface area contributed by atoms with E-state index in [1.165, 1.54) is 24.6 Å². The van der Waals surface area contributed by atoms with Gasteiger partial charge in [0.2, 0.25) is 0 Å². The van der Waals surface area contributed by atoms with Gasteiger partial charge in [-0.2, -0.15) is 0 Å². The van der Waals surface area contributed by atoms with Crippen molar-refractivity contribution < 1.29 is 14.5 Å². The summed E-state index contributed by atoms with van der Waals surface area (Å²) in [5.41, 5.74) is 1.24. The number of carbonyl (C=O) groups is 1. The van der Waals surface area contributed by atoms with Crippen LogP contribution in [0.1, 0.15) is 50.3 Å². The normalized spacial score (nSPS) is 12.2. The number of imidazole rings is 1. The zero-order valence-corrected chi connectivity index (χ0v) is 16.4. The van der Waals surface area contributed by atoms with E-state index in [1.807, 2.05) is 27.7 Å². The Hall–Kier alpha value is -2.74. The van der Waals surface area contributed by atoms with Gasteiger partial charge in [0.1, 0.15) is 0 Å². The number of hydrogen-bond acceptors (Lipinski definition) is 6. The highest BCUT2D eigenvalue weighted by atomic mass is 32.1. The fourth-order valence-corrected chi connectivity index (χ4v) is 3.02. The minimum Gasteiger partial charge on any atom is -0.464 e. The molecule has 0 atom stereocenters. The van der Waals surface area contributed by atoms with Crippen molar-refractivity contribution in [1.29, 1.82) is 0 Å². The number of rotatable bonds is 6. The van der Waals surface area contributed by atoms with Crippen LogP contribution in [0.4, 0.5) is 0 Å². The van der Waals surface area contributed by atoms with Crippen LogP contribution in [-0.4, -0.2) is 27.4 Å². The summed E-state index contributed by atoms with van der Waals surface area (Å²) in [6.07, 6.45) is 8.85. The average Bonchev–Trinajstić information content (AvgIpc) is 3.23. The van der Waals surface area contributed by atoms with Crippen LogP contribution in [0.15, 0.2) is 41.6 Å². The van der Waals surface area contributed by atoms with Crippen LogP contribution in [-0.2, 0) is 4.74 Å². The lowest BCUT2D eigenvalue weighted by Crippen LogP contribution is -2.04. The molecule has 2 rings (SSSR count). The van der Waals surface area contributed by atoms with Gasteiger partial charge in [-0.15, -0.1) is 11.3 Å². The van der Waals surface area contributed by atoms with Gasteiger partial charge in [0, 0.05) is 11.6 Å². The van der Waals surface area contributed by atoms with Gasteiger partial charge in [-0.1, -0.05) is 32.9 Å². The first-order valence-electron chi connectivity index (χ1n) is 8.26. The number of nitrogens with zero attached hydrogens (tertiary/aromatic N) is 3. The smallest absolute Gasteiger partial charge is 0.358 e. The Morgan fingerprint density at radius 1 is 1.46 bits per heavy atom. The molecule has 7 nitrogen and oxygen atoms in total. The Bertz CT molecular complexity index is 859. The predicted octanol–water partition coefficient (Wildman–Crippen LogP) is 4.74. The van der Waals surface area contributed by atoms with Gasteiger partial charge in [0.25, 0.3) is 5.70 Å². The zero-order chi connectivity index (χ0) is 19.7. The third-order valence-electron chi connectivity index (χ3n) is 3.21. The number of aromatic nitrogens is 2. The van der Waals surface area contributed by atoms with E-state index >= 15 is 0 Å². The number of esters is 1. The lowest BCUT2D eigenvalue weighted by Gasteiger charge is -2.04. The molecule has 2 aromatic rings. The Kier molecular flexibility index (Phi) is 8.44. The molecule has 0 spiro atoms. The molecule has 0 N–H and O–H groups in total. The van der Waals surface area contributed by atoms with E-state index in [0.717, 1.165) is 0 Å². The summed E-state index contributed by atoms with van der Waals surface area (Å²) < 4.78 is 6.34. The summed E-state index contributed by atoms with van der Waals surface area (Å²) in [6, 6.07) is 0. The molecule has 0 radical (unpaired) electrons. The van der Waals surface area contributed by atoms with Crippen molar-refractivity contribution in [2.24, 2.45) is 0 Å². The SMILES string of the molecule is CC.C\C=C/C=C(\C(=C/CC)[N+](=O)[O-])c1csc2nc(C(=O)OC)cn12. The summed E-state index contributed by atoms with van der Waals surface area (Å²) in [5, 5.41) is 13.2. The molecular formula is C18H23N3O4S. The number of allylic oxidation sites excluding steroid dienone is 5. The molecule has 0 saturated heterocycles. The summed E-state index contributed by atoms with van der Waals surface area (Å²) in [5.74, 6) is -0.547. The van der Waals surface area contributed by atoms with Crippen molar-refractivity contribution >= 4 is 27.8 Å². The van der Waals surface area contributed by atoms with Crippen molar-refractivity contribution in [2.75, 3.05) is 7.11 Å². The maximum Gasteiger partial charge on any atom is 0.358 e. The Balaban J connectivity index is 0.00000163. The maximum absolute atomic E-state index is 11.6. The predicted molar refractivity (Wildman–Crippen MR) is 104 cm³/mol. The van der Waals surface area contributed by atoms with Gasteiger partial charge < -0.3 is 4.74 Å². The van der Waals surface area contributed by atoms with E-state index in [1.54, 1.807) is 34.1 Å². The lowest BCUT2D eigenvalue weighted by atomic mass is 10.1. The number of nitro groups is 1. The number of fused-ring (bicyclic) bond motifs is 1. The molecule has 0 saturated carbocycles. The second-order valence-corrected chi connectivity index (χ2v) is 5.59. The lowest BCUT2D eigenvalue weighted by molar-refractivity contribution is -0.417. The van der Waals surface area contributed by atoms with E-state index in [9.17, 15) is 14.9 Å². The van der Waals surface area contributed by atoms with E-state index in [-0.39, 0.29) is 11.4 Å². The molecule has 8 heteroatoms. The summed E-state index contributed by atoms with van der Waals surface area (Å²) in [7, 11) is 1.28. The third kappa shape index (κ3) is 4.66. The van der Waals surface area contributed by atoms with E-state index < -0.39 is 10.9 Å². The molecule has 0 unspecified atom stereocenters. The minimum atomic E-state index is -0.547. The number of ether oxygens (including phenoxy) is 1. The van der Waals surface area contributed by atoms with Crippen molar-refractivity contribution in [3.05, 3.63) is 63.1 Å². The number of methoxy groups -OCH3 is 1. The largest absolute Gasteiger partial charge is 0.464 e. The van der Waals surface area contributed by atoms with Gasteiger partial charge in [-0.05, 0) is 25.5 Å². The van der Waals surface area contributed by atoms with Crippen molar-refractivity contribution in [3.63, 3.8) is 0 Å². The summed E-state index contributed by atoms with van der Waals surface area (Å²) >= 11 is 1.30. The van der Waals surface area contributed by atoms with Crippen LogP contribution in [0.2, 0.25) is 0 Å². The van der Waals surface area contributed by atoms with Crippen LogP contribution in [0.25, 0.3) is 10.5 Å². The molecule has 0 aliphatic rings. The number of carbonyl (C=O) groups excluding carboxylic acids is 1. The van der Waals surface area contributed by atoms with Crippen molar-refractivity contribution in [3.8, 4) is 0 Å².